The van der Waals surface area contributed by atoms with E-state index in [1.165, 1.54) is 16.7 Å². The molecule has 1 atom stereocenters. The van der Waals surface area contributed by atoms with Gasteiger partial charge in [-0.1, -0.05) is 27.7 Å². The van der Waals surface area contributed by atoms with E-state index in [0.717, 1.165) is 6.16 Å². The molecular formula is C15H24BPY11-4. The van der Waals surface area contributed by atoms with E-state index in [2.05, 4.69) is 53.7 Å². The summed E-state index contributed by atoms with van der Waals surface area (Å²) in [5.74, 6) is 0. The summed E-state index contributed by atoms with van der Waals surface area (Å²) in [6.07, 6.45) is 0.875. The van der Waals surface area contributed by atoms with E-state index in [4.69, 9.17) is 7.57 Å². The van der Waals surface area contributed by atoms with Gasteiger partial charge in [-0.2, -0.15) is 46.5 Å². The van der Waals surface area contributed by atoms with Crippen LogP contribution in [0.3, 0.4) is 0 Å². The third-order valence-corrected chi connectivity index (χ3v) is 2.39. The molecule has 0 aliphatic heterocycles. The molecule has 13 heteroatoms. The van der Waals surface area contributed by atoms with E-state index >= 15 is 0 Å². The first-order chi connectivity index (χ1) is 7.32. The first-order valence-corrected chi connectivity index (χ1v) is 6.68. The zero-order chi connectivity index (χ0) is 12.8. The minimum absolute atomic E-state index is 0. The molecule has 0 spiro atoms. The van der Waals surface area contributed by atoms with Crippen LogP contribution in [0.1, 0.15) is 30.5 Å². The van der Waals surface area contributed by atoms with Crippen molar-refractivity contribution < 1.29 is 360 Å². The Morgan fingerprint density at radius 3 is 1.36 bits per heavy atom. The molecule has 1 unspecified atom stereocenters. The van der Waals surface area contributed by atoms with Crippen molar-refractivity contribution in [2.24, 2.45) is 0 Å². The zero-order valence-corrected chi connectivity index (χ0v) is 50.4. The Hall–Kier alpha value is 11.9. The summed E-state index contributed by atoms with van der Waals surface area (Å²) in [7, 11) is 5.52. The van der Waals surface area contributed by atoms with Gasteiger partial charge in [0.2, 0.25) is 0 Å². The summed E-state index contributed by atoms with van der Waals surface area (Å²) < 4.78 is 0. The monoisotopic (exact) mass is 1220 g/mol. The van der Waals surface area contributed by atoms with Gasteiger partial charge in [0.25, 0.3) is 0 Å². The molecule has 0 nitrogen and oxygen atoms in total. The van der Waals surface area contributed by atoms with Crippen LogP contribution < -0.4 is 0 Å². The number of aryl methyl sites for hydroxylation is 2. The van der Waals surface area contributed by atoms with Crippen LogP contribution >= 0.6 is 8.46 Å². The van der Waals surface area contributed by atoms with Gasteiger partial charge in [-0.15, -0.1) is 0 Å². The van der Waals surface area contributed by atoms with Crippen molar-refractivity contribution in [2.75, 3.05) is 6.16 Å². The van der Waals surface area contributed by atoms with Crippen LogP contribution in [0.25, 0.3) is 0 Å². The quantitative estimate of drug-likeness (QED) is 0.237. The molecule has 0 heterocycles. The fraction of sp³-hybridized carbons (Fsp3) is 0.400. The van der Waals surface area contributed by atoms with E-state index < -0.39 is 0 Å². The minimum atomic E-state index is -0.0300. The first kappa shape index (κ1) is 83.4. The van der Waals surface area contributed by atoms with Gasteiger partial charge in [0, 0.05) is 360 Å². The van der Waals surface area contributed by atoms with Crippen LogP contribution in [-0.2, 0) is 365 Å². The summed E-state index contributed by atoms with van der Waals surface area (Å²) in [6, 6.07) is 7.48. The van der Waals surface area contributed by atoms with Gasteiger partial charge in [-0.25, -0.2) is 8.46 Å². The van der Waals surface area contributed by atoms with Gasteiger partial charge in [0.05, 0.1) is 0 Å². The van der Waals surface area contributed by atoms with E-state index in [9.17, 15) is 0 Å². The SMILES string of the molecule is [B]PC[CH2-].[CH2-]C(C)(C)c1[c-]cc(C)cc1C.[CH3-].[Y].[Y].[Y].[Y].[Y].[Y].[Y].[Y].[Y].[Y].[Y]. The standard InChI is InChI=1S/C12H16.C2H5BP.CH3.11Y/c1-9-6-7-11(10(2)8-9)12(3,4)5;1-2-4-3;;;;;;;;;;;;/h6,8H,3H2,1-2,4-5H3;4H,1-2H2;1H3;;;;;;;;;;;/q-2;2*-1;;;;;;;;;;;. The summed E-state index contributed by atoms with van der Waals surface area (Å²) in [6.45, 7) is 16.0. The van der Waals surface area contributed by atoms with Gasteiger partial charge in [-0.3, -0.25) is 0 Å². The van der Waals surface area contributed by atoms with Crippen molar-refractivity contribution in [1.29, 1.82) is 0 Å². The Bertz CT molecular complexity index is 338. The molecule has 0 saturated carbocycles. The number of hydrogen-bond acceptors (Lipinski definition) is 0. The van der Waals surface area contributed by atoms with Crippen molar-refractivity contribution in [3.8, 4) is 0 Å². The number of benzene rings is 1. The Kier molecular flexibility index (Phi) is 164. The molecule has 0 aliphatic rings. The van der Waals surface area contributed by atoms with Gasteiger partial charge in [-0.05, 0) is 0 Å². The Labute approximate surface area is 457 Å². The second kappa shape index (κ2) is 54.9. The maximum Gasteiger partial charge on any atom is 0.101 e. The largest absolute Gasteiger partial charge is 0.358 e. The van der Waals surface area contributed by atoms with Gasteiger partial charge < -0.3 is 21.3 Å². The third kappa shape index (κ3) is 50.7. The van der Waals surface area contributed by atoms with Crippen LogP contribution in [0.2, 0.25) is 0 Å². The second-order valence-corrected chi connectivity index (χ2v) is 5.48. The first-order valence-electron chi connectivity index (χ1n) is 5.40. The topological polar surface area (TPSA) is 0 Å². The predicted molar refractivity (Wildman–Crippen MR) is 83.8 cm³/mol. The van der Waals surface area contributed by atoms with Crippen LogP contribution in [0.4, 0.5) is 0 Å². The van der Waals surface area contributed by atoms with Crippen LogP contribution in [0, 0.1) is 41.2 Å². The predicted octanol–water partition coefficient (Wildman–Crippen LogP) is 4.22. The zero-order valence-electron chi connectivity index (χ0n) is 18.2. The van der Waals surface area contributed by atoms with Crippen molar-refractivity contribution in [1.82, 2.24) is 0 Å². The van der Waals surface area contributed by atoms with E-state index in [-0.39, 0.29) is 373 Å². The molecule has 0 bridgehead atoms. The van der Waals surface area contributed by atoms with Crippen LogP contribution in [0.15, 0.2) is 12.1 Å². The van der Waals surface area contributed by atoms with E-state index in [0.29, 0.717) is 8.46 Å². The van der Waals surface area contributed by atoms with Crippen LogP contribution in [-0.4, -0.2) is 13.7 Å². The molecule has 0 aliphatic carbocycles. The Morgan fingerprint density at radius 1 is 0.893 bits per heavy atom. The number of rotatable bonds is 2. The molecule has 0 aromatic heterocycles. The molecule has 1 rings (SSSR count). The molecule has 129 valence electrons. The van der Waals surface area contributed by atoms with Gasteiger partial charge >= 0.3 is 0 Å². The molecule has 1 aromatic rings. The molecule has 0 saturated heterocycles. The summed E-state index contributed by atoms with van der Waals surface area (Å²) in [5, 5.41) is 0. The smallest absolute Gasteiger partial charge is 0.101 e. The Balaban J connectivity index is -0.0000000119. The average molecular weight is 1220 g/mol. The summed E-state index contributed by atoms with van der Waals surface area (Å²) >= 11 is 0. The third-order valence-electron chi connectivity index (χ3n) is 2.10. The summed E-state index contributed by atoms with van der Waals surface area (Å²) in [5.41, 5.74) is 3.74. The van der Waals surface area contributed by atoms with Crippen molar-refractivity contribution in [3.05, 3.63) is 56.2 Å². The normalized spacial score (nSPS) is 6.50. The molecule has 0 N–H and O–H groups in total. The molecule has 1 aromatic carbocycles. The molecule has 0 fully saturated rings. The molecule has 13 radical (unpaired) electrons. The fourth-order valence-electron chi connectivity index (χ4n) is 1.48. The average Bonchev–Trinajstić information content (AvgIpc) is 2.16. The summed E-state index contributed by atoms with van der Waals surface area (Å²) in [4.78, 5) is 0. The maximum absolute atomic E-state index is 4.99. The van der Waals surface area contributed by atoms with E-state index in [1.807, 2.05) is 6.07 Å². The van der Waals surface area contributed by atoms with Gasteiger partial charge in [0.1, 0.15) is 7.57 Å². The number of hydrogen-bond donors (Lipinski definition) is 0. The van der Waals surface area contributed by atoms with Crippen LogP contribution in [0.5, 0.6) is 0 Å². The molecule has 0 amide bonds. The van der Waals surface area contributed by atoms with E-state index in [1.54, 1.807) is 0 Å². The second-order valence-electron chi connectivity index (χ2n) is 4.57. The molecular weight excluding hydrogens is 1200 g/mol. The van der Waals surface area contributed by atoms with Crippen molar-refractivity contribution >= 4 is 16.0 Å². The fourth-order valence-corrected chi connectivity index (χ4v) is 1.48. The minimum Gasteiger partial charge on any atom is -0.358 e. The van der Waals surface area contributed by atoms with Gasteiger partial charge in [0.15, 0.2) is 0 Å². The maximum atomic E-state index is 4.99. The molecule has 28 heavy (non-hydrogen) atoms. The van der Waals surface area contributed by atoms with Crippen molar-refractivity contribution in [3.63, 3.8) is 0 Å². The van der Waals surface area contributed by atoms with Crippen molar-refractivity contribution in [2.45, 2.75) is 33.1 Å². The Morgan fingerprint density at radius 2 is 1.18 bits per heavy atom.